The summed E-state index contributed by atoms with van der Waals surface area (Å²) in [5.74, 6) is 0.506. The van der Waals surface area contributed by atoms with Gasteiger partial charge < -0.3 is 19.5 Å². The van der Waals surface area contributed by atoms with E-state index < -0.39 is 0 Å². The van der Waals surface area contributed by atoms with E-state index in [9.17, 15) is 4.79 Å². The molecule has 1 heterocycles. The van der Waals surface area contributed by atoms with Crippen LogP contribution in [0.15, 0.2) is 0 Å². The largest absolute Gasteiger partial charge is 0.382 e. The third-order valence-electron chi connectivity index (χ3n) is 3.53. The summed E-state index contributed by atoms with van der Waals surface area (Å²) < 4.78 is 15.3. The van der Waals surface area contributed by atoms with Crippen molar-refractivity contribution in [3.05, 3.63) is 0 Å². The van der Waals surface area contributed by atoms with Crippen LogP contribution in [-0.4, -0.2) is 76.1 Å². The Morgan fingerprint density at radius 3 is 2.38 bits per heavy atom. The summed E-state index contributed by atoms with van der Waals surface area (Å²) in [6.07, 6.45) is 0. The molecule has 0 unspecified atom stereocenters. The van der Waals surface area contributed by atoms with Crippen LogP contribution in [-0.2, 0) is 19.0 Å². The molecule has 0 aromatic heterocycles. The van der Waals surface area contributed by atoms with Gasteiger partial charge in [0.05, 0.1) is 26.4 Å². The molecule has 1 saturated heterocycles. The number of hydrogen-bond donors (Lipinski definition) is 1. The van der Waals surface area contributed by atoms with Crippen molar-refractivity contribution in [1.82, 2.24) is 10.2 Å². The highest BCUT2D eigenvalue weighted by Crippen LogP contribution is 2.24. The van der Waals surface area contributed by atoms with Crippen molar-refractivity contribution in [3.63, 3.8) is 0 Å². The van der Waals surface area contributed by atoms with E-state index in [1.807, 2.05) is 0 Å². The van der Waals surface area contributed by atoms with Crippen LogP contribution in [0.25, 0.3) is 0 Å². The highest BCUT2D eigenvalue weighted by atomic mass is 16.5. The maximum absolute atomic E-state index is 11.6. The Bertz CT molecular complexity index is 299. The first kappa shape index (κ1) is 18.4. The van der Waals surface area contributed by atoms with Crippen molar-refractivity contribution >= 4 is 5.91 Å². The van der Waals surface area contributed by atoms with E-state index in [0.29, 0.717) is 32.3 Å². The number of nitrogens with zero attached hydrogens (tertiary/aromatic N) is 1. The highest BCUT2D eigenvalue weighted by Gasteiger charge is 2.34. The minimum atomic E-state index is -0.0545. The fraction of sp³-hybridized carbons (Fsp3) is 0.933. The van der Waals surface area contributed by atoms with Crippen molar-refractivity contribution in [2.45, 2.75) is 26.3 Å². The van der Waals surface area contributed by atoms with E-state index in [-0.39, 0.29) is 18.1 Å². The first-order valence-electron chi connectivity index (χ1n) is 7.59. The van der Waals surface area contributed by atoms with Crippen LogP contribution in [0.2, 0.25) is 0 Å². The SMILES string of the molecule is COCCOCCOCC(=O)NCC1CN(C(C)(C)C)C1. The van der Waals surface area contributed by atoms with Crippen LogP contribution in [0, 0.1) is 5.92 Å². The van der Waals surface area contributed by atoms with Crippen molar-refractivity contribution in [2.24, 2.45) is 5.92 Å². The number of carbonyl (C=O) groups excluding carboxylic acids is 1. The molecule has 21 heavy (non-hydrogen) atoms. The Balaban J connectivity index is 1.91. The van der Waals surface area contributed by atoms with Gasteiger partial charge in [-0.15, -0.1) is 0 Å². The Kier molecular flexibility index (Phi) is 8.18. The minimum absolute atomic E-state index is 0.0545. The molecule has 0 aromatic carbocycles. The molecule has 1 rings (SSSR count). The maximum Gasteiger partial charge on any atom is 0.246 e. The average molecular weight is 302 g/mol. The molecule has 6 nitrogen and oxygen atoms in total. The van der Waals surface area contributed by atoms with Gasteiger partial charge in [-0.05, 0) is 20.8 Å². The molecule has 1 fully saturated rings. The predicted molar refractivity (Wildman–Crippen MR) is 81.3 cm³/mol. The van der Waals surface area contributed by atoms with Gasteiger partial charge in [0, 0.05) is 38.2 Å². The maximum atomic E-state index is 11.6. The number of carbonyl (C=O) groups is 1. The smallest absolute Gasteiger partial charge is 0.246 e. The number of hydrogen-bond acceptors (Lipinski definition) is 5. The molecule has 0 radical (unpaired) electrons. The third kappa shape index (κ3) is 7.76. The second-order valence-electron chi connectivity index (χ2n) is 6.40. The number of methoxy groups -OCH3 is 1. The molecule has 0 spiro atoms. The summed E-state index contributed by atoms with van der Waals surface area (Å²) in [4.78, 5) is 14.0. The van der Waals surface area contributed by atoms with Gasteiger partial charge in [-0.2, -0.15) is 0 Å². The van der Waals surface area contributed by atoms with Crippen LogP contribution in [0.1, 0.15) is 20.8 Å². The number of nitrogens with one attached hydrogen (secondary N) is 1. The summed E-state index contributed by atoms with van der Waals surface area (Å²) in [7, 11) is 1.63. The van der Waals surface area contributed by atoms with Crippen LogP contribution in [0.3, 0.4) is 0 Å². The third-order valence-corrected chi connectivity index (χ3v) is 3.53. The van der Waals surface area contributed by atoms with Crippen LogP contribution < -0.4 is 5.32 Å². The molecular formula is C15H30N2O4. The molecule has 1 N–H and O–H groups in total. The Hall–Kier alpha value is -0.690. The predicted octanol–water partition coefficient (Wildman–Crippen LogP) is 0.513. The number of likely N-dealkylation sites (tertiary alicyclic amines) is 1. The quantitative estimate of drug-likeness (QED) is 0.596. The lowest BCUT2D eigenvalue weighted by atomic mass is 9.92. The fourth-order valence-corrected chi connectivity index (χ4v) is 2.08. The summed E-state index contributed by atoms with van der Waals surface area (Å²) in [5, 5.41) is 2.92. The van der Waals surface area contributed by atoms with E-state index in [1.54, 1.807) is 7.11 Å². The van der Waals surface area contributed by atoms with Gasteiger partial charge in [-0.25, -0.2) is 0 Å². The monoisotopic (exact) mass is 302 g/mol. The van der Waals surface area contributed by atoms with Crippen molar-refractivity contribution in [1.29, 1.82) is 0 Å². The van der Waals surface area contributed by atoms with Crippen LogP contribution in [0.4, 0.5) is 0 Å². The molecule has 0 aliphatic carbocycles. The first-order chi connectivity index (χ1) is 9.93. The van der Waals surface area contributed by atoms with E-state index in [2.05, 4.69) is 31.0 Å². The number of rotatable bonds is 10. The standard InChI is InChI=1S/C15H30N2O4/c1-15(2,3)17-10-13(11-17)9-16-14(18)12-21-8-7-20-6-5-19-4/h13H,5-12H2,1-4H3,(H,16,18). The first-order valence-corrected chi connectivity index (χ1v) is 7.59. The normalized spacial score (nSPS) is 16.8. The molecule has 0 atom stereocenters. The van der Waals surface area contributed by atoms with Crippen molar-refractivity contribution < 1.29 is 19.0 Å². The van der Waals surface area contributed by atoms with Crippen molar-refractivity contribution in [2.75, 3.05) is 59.8 Å². The van der Waals surface area contributed by atoms with Crippen molar-refractivity contribution in [3.8, 4) is 0 Å². The van der Waals surface area contributed by atoms with Gasteiger partial charge in [-0.1, -0.05) is 0 Å². The molecule has 1 aliphatic rings. The summed E-state index contributed by atoms with van der Waals surface area (Å²) in [6, 6.07) is 0. The molecule has 124 valence electrons. The van der Waals surface area contributed by atoms with Gasteiger partial charge in [0.2, 0.25) is 5.91 Å². The van der Waals surface area contributed by atoms with Gasteiger partial charge in [-0.3, -0.25) is 9.69 Å². The zero-order chi connectivity index (χ0) is 15.7. The summed E-state index contributed by atoms with van der Waals surface area (Å²) >= 11 is 0. The topological polar surface area (TPSA) is 60.0 Å². The Labute approximate surface area is 128 Å². The Morgan fingerprint density at radius 2 is 1.76 bits per heavy atom. The molecule has 6 heteroatoms. The zero-order valence-corrected chi connectivity index (χ0v) is 13.8. The summed E-state index contributed by atoms with van der Waals surface area (Å²) in [6.45, 7) is 11.6. The van der Waals surface area contributed by atoms with E-state index in [4.69, 9.17) is 14.2 Å². The van der Waals surface area contributed by atoms with Gasteiger partial charge >= 0.3 is 0 Å². The second kappa shape index (κ2) is 9.35. The second-order valence-corrected chi connectivity index (χ2v) is 6.40. The van der Waals surface area contributed by atoms with E-state index >= 15 is 0 Å². The van der Waals surface area contributed by atoms with Gasteiger partial charge in [0.1, 0.15) is 6.61 Å². The molecule has 0 saturated carbocycles. The zero-order valence-electron chi connectivity index (χ0n) is 13.8. The molecule has 1 amide bonds. The molecule has 0 bridgehead atoms. The average Bonchev–Trinajstić information content (AvgIpc) is 2.34. The highest BCUT2D eigenvalue weighted by molar-refractivity contribution is 5.77. The van der Waals surface area contributed by atoms with Crippen LogP contribution >= 0.6 is 0 Å². The van der Waals surface area contributed by atoms with Gasteiger partial charge in [0.15, 0.2) is 0 Å². The molecular weight excluding hydrogens is 272 g/mol. The fourth-order valence-electron chi connectivity index (χ4n) is 2.08. The van der Waals surface area contributed by atoms with E-state index in [1.165, 1.54) is 0 Å². The minimum Gasteiger partial charge on any atom is -0.382 e. The lowest BCUT2D eigenvalue weighted by Crippen LogP contribution is -2.58. The number of ether oxygens (including phenoxy) is 3. The molecule has 1 aliphatic heterocycles. The van der Waals surface area contributed by atoms with Gasteiger partial charge in [0.25, 0.3) is 0 Å². The summed E-state index contributed by atoms with van der Waals surface area (Å²) in [5.41, 5.74) is 0.229. The Morgan fingerprint density at radius 1 is 1.14 bits per heavy atom. The van der Waals surface area contributed by atoms with E-state index in [0.717, 1.165) is 19.6 Å². The lowest BCUT2D eigenvalue weighted by Gasteiger charge is -2.47. The lowest BCUT2D eigenvalue weighted by molar-refractivity contribution is -0.126. The number of amides is 1. The molecule has 0 aromatic rings. The van der Waals surface area contributed by atoms with Crippen LogP contribution in [0.5, 0.6) is 0 Å².